The number of benzene rings is 1. The molecule has 3 nitrogen and oxygen atoms in total. The van der Waals surface area contributed by atoms with E-state index in [0.717, 1.165) is 12.1 Å². The summed E-state index contributed by atoms with van der Waals surface area (Å²) in [7, 11) is 1.30. The van der Waals surface area contributed by atoms with Gasteiger partial charge in [-0.2, -0.15) is 13.2 Å². The molecular formula is C14H9ClF4N2O. The predicted octanol–water partition coefficient (Wildman–Crippen LogP) is 4.61. The zero-order chi connectivity index (χ0) is 16.5. The van der Waals surface area contributed by atoms with Gasteiger partial charge >= 0.3 is 6.18 Å². The van der Waals surface area contributed by atoms with Crippen LogP contribution in [0.5, 0.6) is 5.75 Å². The maximum atomic E-state index is 14.1. The number of nitrogens with zero attached hydrogens (tertiary/aromatic N) is 2. The zero-order valence-electron chi connectivity index (χ0n) is 11.2. The number of rotatable bonds is 3. The van der Waals surface area contributed by atoms with Gasteiger partial charge in [-0.1, -0.05) is 24.3 Å². The molecule has 1 heterocycles. The van der Waals surface area contributed by atoms with Gasteiger partial charge in [0.05, 0.1) is 17.8 Å². The highest BCUT2D eigenvalue weighted by Gasteiger charge is 2.36. The van der Waals surface area contributed by atoms with E-state index in [4.69, 9.17) is 16.3 Å². The molecule has 0 radical (unpaired) electrons. The molecule has 0 aliphatic rings. The van der Waals surface area contributed by atoms with Crippen LogP contribution in [0.4, 0.5) is 17.6 Å². The second-order valence-electron chi connectivity index (χ2n) is 4.15. The summed E-state index contributed by atoms with van der Waals surface area (Å²) in [5.41, 5.74) is -2.05. The van der Waals surface area contributed by atoms with Crippen LogP contribution in [0.15, 0.2) is 25.0 Å². The minimum atomic E-state index is -4.71. The van der Waals surface area contributed by atoms with E-state index in [-0.39, 0.29) is 22.0 Å². The Bertz CT molecular complexity index is 732. The standard InChI is InChI=1S/C14H9ClF4N2O/c1-3-7-12(20-6-21-13(7)14(17,18)19)8-4-11(22-2)9(15)5-10(8)16/h3-6H,1H2,2H3. The molecule has 22 heavy (non-hydrogen) atoms. The lowest BCUT2D eigenvalue weighted by Gasteiger charge is -2.14. The van der Waals surface area contributed by atoms with Crippen molar-refractivity contribution in [2.45, 2.75) is 6.18 Å². The smallest absolute Gasteiger partial charge is 0.434 e. The molecule has 0 atom stereocenters. The van der Waals surface area contributed by atoms with Crippen molar-refractivity contribution in [1.29, 1.82) is 0 Å². The summed E-state index contributed by atoms with van der Waals surface area (Å²) in [4.78, 5) is 6.95. The second kappa shape index (κ2) is 5.92. The summed E-state index contributed by atoms with van der Waals surface area (Å²) >= 11 is 5.77. The molecule has 0 bridgehead atoms. The van der Waals surface area contributed by atoms with Gasteiger partial charge in [0.1, 0.15) is 17.9 Å². The van der Waals surface area contributed by atoms with E-state index in [1.807, 2.05) is 0 Å². The third kappa shape index (κ3) is 2.89. The first-order valence-electron chi connectivity index (χ1n) is 5.87. The van der Waals surface area contributed by atoms with E-state index in [1.165, 1.54) is 13.2 Å². The van der Waals surface area contributed by atoms with Crippen LogP contribution >= 0.6 is 11.6 Å². The van der Waals surface area contributed by atoms with E-state index >= 15 is 0 Å². The molecule has 0 fully saturated rings. The fourth-order valence-electron chi connectivity index (χ4n) is 1.90. The molecule has 8 heteroatoms. The van der Waals surface area contributed by atoms with Crippen molar-refractivity contribution >= 4 is 17.7 Å². The van der Waals surface area contributed by atoms with Crippen LogP contribution in [-0.4, -0.2) is 17.1 Å². The van der Waals surface area contributed by atoms with Crippen LogP contribution in [-0.2, 0) is 6.18 Å². The number of aromatic nitrogens is 2. The van der Waals surface area contributed by atoms with Crippen LogP contribution < -0.4 is 4.74 Å². The normalized spacial score (nSPS) is 11.4. The van der Waals surface area contributed by atoms with E-state index < -0.39 is 23.3 Å². The minimum Gasteiger partial charge on any atom is -0.495 e. The summed E-state index contributed by atoms with van der Waals surface area (Å²) in [6.45, 7) is 3.32. The van der Waals surface area contributed by atoms with Gasteiger partial charge < -0.3 is 4.74 Å². The Labute approximate surface area is 128 Å². The lowest BCUT2D eigenvalue weighted by molar-refractivity contribution is -0.141. The molecule has 0 saturated carbocycles. The third-order valence-corrected chi connectivity index (χ3v) is 3.15. The first-order chi connectivity index (χ1) is 10.3. The van der Waals surface area contributed by atoms with Crippen LogP contribution in [0.2, 0.25) is 5.02 Å². The number of methoxy groups -OCH3 is 1. The number of hydrogen-bond donors (Lipinski definition) is 0. The van der Waals surface area contributed by atoms with Gasteiger partial charge in [0, 0.05) is 11.1 Å². The molecular weight excluding hydrogens is 324 g/mol. The lowest BCUT2D eigenvalue weighted by atomic mass is 10.0. The van der Waals surface area contributed by atoms with Crippen molar-refractivity contribution in [3.8, 4) is 17.0 Å². The number of alkyl halides is 3. The molecule has 0 unspecified atom stereocenters. The van der Waals surface area contributed by atoms with E-state index in [0.29, 0.717) is 6.33 Å². The Morgan fingerprint density at radius 3 is 2.50 bits per heavy atom. The second-order valence-corrected chi connectivity index (χ2v) is 4.56. The molecule has 0 spiro atoms. The Hall–Kier alpha value is -2.15. The Kier molecular flexibility index (Phi) is 4.37. The van der Waals surface area contributed by atoms with Crippen LogP contribution in [0.3, 0.4) is 0 Å². The zero-order valence-corrected chi connectivity index (χ0v) is 12.0. The van der Waals surface area contributed by atoms with Crippen LogP contribution in [0.25, 0.3) is 17.3 Å². The highest BCUT2D eigenvalue weighted by molar-refractivity contribution is 6.32. The summed E-state index contributed by atoms with van der Waals surface area (Å²) in [5, 5.41) is -0.00555. The predicted molar refractivity (Wildman–Crippen MR) is 74.1 cm³/mol. The third-order valence-electron chi connectivity index (χ3n) is 2.85. The van der Waals surface area contributed by atoms with Gasteiger partial charge in [0.2, 0.25) is 0 Å². The quantitative estimate of drug-likeness (QED) is 0.770. The number of halogens is 5. The van der Waals surface area contributed by atoms with Gasteiger partial charge in [0.25, 0.3) is 0 Å². The number of ether oxygens (including phenoxy) is 1. The van der Waals surface area contributed by atoms with E-state index in [9.17, 15) is 17.6 Å². The molecule has 116 valence electrons. The highest BCUT2D eigenvalue weighted by Crippen LogP contribution is 2.38. The number of hydrogen-bond acceptors (Lipinski definition) is 3. The van der Waals surface area contributed by atoms with Crippen molar-refractivity contribution in [2.24, 2.45) is 0 Å². The van der Waals surface area contributed by atoms with E-state index in [2.05, 4.69) is 16.5 Å². The SMILES string of the molecule is C=Cc1c(-c2cc(OC)c(Cl)cc2F)ncnc1C(F)(F)F. The van der Waals surface area contributed by atoms with Gasteiger partial charge in [-0.15, -0.1) is 0 Å². The molecule has 0 aliphatic carbocycles. The monoisotopic (exact) mass is 332 g/mol. The summed E-state index contributed by atoms with van der Waals surface area (Å²) in [5.74, 6) is -0.721. The fraction of sp³-hybridized carbons (Fsp3) is 0.143. The average molecular weight is 333 g/mol. The van der Waals surface area contributed by atoms with Gasteiger partial charge in [-0.05, 0) is 12.1 Å². The van der Waals surface area contributed by atoms with Gasteiger partial charge in [-0.3, -0.25) is 0 Å². The maximum Gasteiger partial charge on any atom is 0.434 e. The highest BCUT2D eigenvalue weighted by atomic mass is 35.5. The van der Waals surface area contributed by atoms with E-state index in [1.54, 1.807) is 0 Å². The maximum absolute atomic E-state index is 14.1. The lowest BCUT2D eigenvalue weighted by Crippen LogP contribution is -2.12. The molecule has 0 amide bonds. The molecule has 0 N–H and O–H groups in total. The Morgan fingerprint density at radius 2 is 1.95 bits per heavy atom. The average Bonchev–Trinajstić information content (AvgIpc) is 2.45. The first-order valence-corrected chi connectivity index (χ1v) is 6.25. The largest absolute Gasteiger partial charge is 0.495 e. The summed E-state index contributed by atoms with van der Waals surface area (Å²) < 4.78 is 57.9. The van der Waals surface area contributed by atoms with Crippen molar-refractivity contribution in [3.63, 3.8) is 0 Å². The topological polar surface area (TPSA) is 35.0 Å². The Balaban J connectivity index is 2.76. The summed E-state index contributed by atoms with van der Waals surface area (Å²) in [6.07, 6.45) is -3.07. The molecule has 0 saturated heterocycles. The van der Waals surface area contributed by atoms with Crippen molar-refractivity contribution in [1.82, 2.24) is 9.97 Å². The van der Waals surface area contributed by atoms with Gasteiger partial charge in [0.15, 0.2) is 5.69 Å². The molecule has 1 aromatic carbocycles. The van der Waals surface area contributed by atoms with Crippen LogP contribution in [0.1, 0.15) is 11.3 Å². The van der Waals surface area contributed by atoms with Crippen molar-refractivity contribution in [2.75, 3.05) is 7.11 Å². The Morgan fingerprint density at radius 1 is 1.27 bits per heavy atom. The van der Waals surface area contributed by atoms with Crippen LogP contribution in [0, 0.1) is 5.82 Å². The van der Waals surface area contributed by atoms with Crippen molar-refractivity contribution < 1.29 is 22.3 Å². The molecule has 2 aromatic rings. The summed E-state index contributed by atoms with van der Waals surface area (Å²) in [6, 6.07) is 2.12. The molecule has 1 aromatic heterocycles. The molecule has 0 aliphatic heterocycles. The fourth-order valence-corrected chi connectivity index (χ4v) is 2.12. The molecule has 2 rings (SSSR count). The first kappa shape index (κ1) is 16.2. The van der Waals surface area contributed by atoms with Gasteiger partial charge in [-0.25, -0.2) is 14.4 Å². The van der Waals surface area contributed by atoms with Crippen molar-refractivity contribution in [3.05, 3.63) is 47.1 Å². The minimum absolute atomic E-state index is 0.00555.